The molecule has 8 heteroatoms. The maximum absolute atomic E-state index is 12.1. The number of amides is 1. The van der Waals surface area contributed by atoms with Gasteiger partial charge in [-0.15, -0.1) is 0 Å². The van der Waals surface area contributed by atoms with Gasteiger partial charge >= 0.3 is 0 Å². The number of nitriles is 1. The Hall–Kier alpha value is -1.32. The number of carbonyl (C=O) groups is 1. The van der Waals surface area contributed by atoms with E-state index >= 15 is 0 Å². The Kier molecular flexibility index (Phi) is 4.51. The Morgan fingerprint density at radius 1 is 1.35 bits per heavy atom. The summed E-state index contributed by atoms with van der Waals surface area (Å²) in [6.45, 7) is 1.68. The van der Waals surface area contributed by atoms with Crippen molar-refractivity contribution in [3.63, 3.8) is 0 Å². The van der Waals surface area contributed by atoms with Crippen LogP contribution in [-0.2, 0) is 0 Å². The van der Waals surface area contributed by atoms with E-state index in [2.05, 4.69) is 10.3 Å². The van der Waals surface area contributed by atoms with E-state index in [1.807, 2.05) is 6.07 Å². The van der Waals surface area contributed by atoms with Crippen LogP contribution in [0.4, 0.5) is 5.69 Å². The molecule has 2 rings (SSSR count). The van der Waals surface area contributed by atoms with Gasteiger partial charge in [-0.3, -0.25) is 4.79 Å². The fourth-order valence-corrected chi connectivity index (χ4v) is 3.13. The minimum Gasteiger partial charge on any atom is -0.319 e. The third-order valence-electron chi connectivity index (χ3n) is 2.39. The van der Waals surface area contributed by atoms with E-state index < -0.39 is 5.91 Å². The highest BCUT2D eigenvalue weighted by Crippen LogP contribution is 2.33. The lowest BCUT2D eigenvalue weighted by Gasteiger charge is -2.09. The van der Waals surface area contributed by atoms with Crippen molar-refractivity contribution in [2.75, 3.05) is 5.32 Å². The number of carbonyl (C=O) groups excluding carboxylic acids is 1. The number of thiazole rings is 1. The van der Waals surface area contributed by atoms with Crippen LogP contribution >= 0.6 is 46.1 Å². The van der Waals surface area contributed by atoms with Crippen molar-refractivity contribution in [1.82, 2.24) is 4.98 Å². The fraction of sp³-hybridized carbons (Fsp3) is 0.0833. The van der Waals surface area contributed by atoms with Gasteiger partial charge in [0.25, 0.3) is 5.91 Å². The van der Waals surface area contributed by atoms with Gasteiger partial charge in [-0.25, -0.2) is 4.98 Å². The summed E-state index contributed by atoms with van der Waals surface area (Å²) in [4.78, 5) is 16.5. The van der Waals surface area contributed by atoms with Crippen LogP contribution < -0.4 is 5.32 Å². The molecule has 0 aliphatic heterocycles. The Morgan fingerprint density at radius 2 is 1.95 bits per heavy atom. The second-order valence-electron chi connectivity index (χ2n) is 3.76. The SMILES string of the molecule is Cc1nc(Cl)sc1C(=O)Nc1c(Cl)cc(C#N)cc1Cl. The third-order valence-corrected chi connectivity index (χ3v) is 4.24. The molecule has 0 saturated carbocycles. The first-order chi connectivity index (χ1) is 9.42. The Bertz CT molecular complexity index is 713. The molecule has 1 amide bonds. The summed E-state index contributed by atoms with van der Waals surface area (Å²) in [7, 11) is 0. The monoisotopic (exact) mass is 345 g/mol. The number of halogens is 3. The van der Waals surface area contributed by atoms with Gasteiger partial charge in [-0.2, -0.15) is 5.26 Å². The van der Waals surface area contributed by atoms with E-state index in [1.54, 1.807) is 6.92 Å². The van der Waals surface area contributed by atoms with Crippen molar-refractivity contribution >= 4 is 57.7 Å². The molecule has 0 saturated heterocycles. The number of rotatable bonds is 2. The molecular formula is C12H6Cl3N3OS. The molecule has 1 N–H and O–H groups in total. The van der Waals surface area contributed by atoms with Crippen LogP contribution in [0, 0.1) is 18.3 Å². The predicted molar refractivity (Wildman–Crippen MR) is 81.0 cm³/mol. The second-order valence-corrected chi connectivity index (χ2v) is 6.16. The summed E-state index contributed by atoms with van der Waals surface area (Å²) < 4.78 is 0.282. The van der Waals surface area contributed by atoms with Gasteiger partial charge in [-0.1, -0.05) is 46.1 Å². The van der Waals surface area contributed by atoms with E-state index in [0.29, 0.717) is 16.1 Å². The molecule has 0 fully saturated rings. The molecule has 4 nitrogen and oxygen atoms in total. The van der Waals surface area contributed by atoms with Gasteiger partial charge in [0.05, 0.1) is 33.1 Å². The van der Waals surface area contributed by atoms with Crippen LogP contribution in [0.5, 0.6) is 0 Å². The lowest BCUT2D eigenvalue weighted by Crippen LogP contribution is -2.12. The van der Waals surface area contributed by atoms with Gasteiger partial charge in [0, 0.05) is 0 Å². The van der Waals surface area contributed by atoms with E-state index in [4.69, 9.17) is 40.1 Å². The molecule has 102 valence electrons. The molecule has 1 aromatic heterocycles. The van der Waals surface area contributed by atoms with Crippen molar-refractivity contribution in [3.05, 3.63) is 42.8 Å². The van der Waals surface area contributed by atoms with Crippen molar-refractivity contribution in [2.24, 2.45) is 0 Å². The van der Waals surface area contributed by atoms with Crippen LogP contribution in [0.3, 0.4) is 0 Å². The van der Waals surface area contributed by atoms with Gasteiger partial charge in [0.2, 0.25) is 0 Å². The summed E-state index contributed by atoms with van der Waals surface area (Å²) in [5, 5.41) is 11.8. The number of aryl methyl sites for hydroxylation is 1. The Morgan fingerprint density at radius 3 is 2.40 bits per heavy atom. The predicted octanol–water partition coefficient (Wildman–Crippen LogP) is 4.54. The van der Waals surface area contributed by atoms with E-state index in [0.717, 1.165) is 11.3 Å². The maximum Gasteiger partial charge on any atom is 0.267 e. The average Bonchev–Trinajstić information content (AvgIpc) is 2.72. The Labute approximate surface area is 133 Å². The first kappa shape index (κ1) is 15.1. The average molecular weight is 347 g/mol. The summed E-state index contributed by atoms with van der Waals surface area (Å²) >= 11 is 18.8. The number of hydrogen-bond acceptors (Lipinski definition) is 4. The molecular weight excluding hydrogens is 341 g/mol. The number of aromatic nitrogens is 1. The molecule has 0 aliphatic carbocycles. The molecule has 0 unspecified atom stereocenters. The van der Waals surface area contributed by atoms with E-state index in [9.17, 15) is 4.79 Å². The minimum atomic E-state index is -0.402. The first-order valence-electron chi connectivity index (χ1n) is 5.25. The molecule has 2 aromatic rings. The highest BCUT2D eigenvalue weighted by molar-refractivity contribution is 7.17. The normalized spacial score (nSPS) is 10.2. The van der Waals surface area contributed by atoms with Crippen LogP contribution in [0.1, 0.15) is 20.9 Å². The lowest BCUT2D eigenvalue weighted by molar-refractivity contribution is 0.103. The Balaban J connectivity index is 2.34. The van der Waals surface area contributed by atoms with E-state index in [1.165, 1.54) is 12.1 Å². The molecule has 0 radical (unpaired) electrons. The zero-order valence-corrected chi connectivity index (χ0v) is 13.1. The zero-order chi connectivity index (χ0) is 14.9. The molecule has 0 atom stereocenters. The van der Waals surface area contributed by atoms with Crippen LogP contribution in [-0.4, -0.2) is 10.9 Å². The molecule has 0 aliphatic rings. The summed E-state index contributed by atoms with van der Waals surface area (Å²) in [6.07, 6.45) is 0. The summed E-state index contributed by atoms with van der Waals surface area (Å²) in [5.41, 5.74) is 1.09. The number of anilines is 1. The molecule has 0 bridgehead atoms. The fourth-order valence-electron chi connectivity index (χ4n) is 1.50. The highest BCUT2D eigenvalue weighted by Gasteiger charge is 2.17. The van der Waals surface area contributed by atoms with Crippen LogP contribution in [0.2, 0.25) is 14.5 Å². The minimum absolute atomic E-state index is 0.190. The van der Waals surface area contributed by atoms with Crippen molar-refractivity contribution in [1.29, 1.82) is 5.26 Å². The number of nitrogens with zero attached hydrogens (tertiary/aromatic N) is 2. The van der Waals surface area contributed by atoms with E-state index in [-0.39, 0.29) is 20.2 Å². The smallest absolute Gasteiger partial charge is 0.267 e. The van der Waals surface area contributed by atoms with Crippen LogP contribution in [0.15, 0.2) is 12.1 Å². The van der Waals surface area contributed by atoms with Crippen molar-refractivity contribution in [3.8, 4) is 6.07 Å². The van der Waals surface area contributed by atoms with Crippen molar-refractivity contribution in [2.45, 2.75) is 6.92 Å². The quantitative estimate of drug-likeness (QED) is 0.868. The molecule has 1 aromatic carbocycles. The number of nitrogens with one attached hydrogen (secondary N) is 1. The summed E-state index contributed by atoms with van der Waals surface area (Å²) in [5.74, 6) is -0.402. The second kappa shape index (κ2) is 5.98. The molecule has 20 heavy (non-hydrogen) atoms. The standard InChI is InChI=1S/C12H6Cl3N3OS/c1-5-10(20-12(15)17-5)11(19)18-9-7(13)2-6(4-16)3-8(9)14/h2-3H,1H3,(H,18,19). The highest BCUT2D eigenvalue weighted by atomic mass is 35.5. The van der Waals surface area contributed by atoms with Gasteiger partial charge in [0.15, 0.2) is 4.47 Å². The topological polar surface area (TPSA) is 65.8 Å². The maximum atomic E-state index is 12.1. The van der Waals surface area contributed by atoms with Crippen LogP contribution in [0.25, 0.3) is 0 Å². The first-order valence-corrected chi connectivity index (χ1v) is 7.21. The third kappa shape index (κ3) is 3.05. The van der Waals surface area contributed by atoms with Crippen molar-refractivity contribution < 1.29 is 4.79 Å². The number of benzene rings is 1. The van der Waals surface area contributed by atoms with Gasteiger partial charge in [0.1, 0.15) is 4.88 Å². The molecule has 0 spiro atoms. The van der Waals surface area contributed by atoms with Gasteiger partial charge in [-0.05, 0) is 19.1 Å². The lowest BCUT2D eigenvalue weighted by atomic mass is 10.2. The largest absolute Gasteiger partial charge is 0.319 e. The molecule has 1 heterocycles. The number of hydrogen-bond donors (Lipinski definition) is 1. The summed E-state index contributed by atoms with van der Waals surface area (Å²) in [6, 6.07) is 4.78. The zero-order valence-electron chi connectivity index (χ0n) is 10.00. The van der Waals surface area contributed by atoms with Gasteiger partial charge < -0.3 is 5.32 Å².